The average molecular weight is 141 g/mol. The third-order valence-corrected chi connectivity index (χ3v) is 2.70. The van der Waals surface area contributed by atoms with Gasteiger partial charge in [-0.3, -0.25) is 0 Å². The van der Waals surface area contributed by atoms with E-state index in [1.54, 1.807) is 0 Å². The van der Waals surface area contributed by atoms with Crippen LogP contribution in [0.2, 0.25) is 0 Å². The van der Waals surface area contributed by atoms with Crippen LogP contribution in [-0.2, 0) is 0 Å². The van der Waals surface area contributed by atoms with Gasteiger partial charge in [0.25, 0.3) is 0 Å². The Labute approximate surface area is 64.4 Å². The molecule has 1 heteroatoms. The molecule has 0 amide bonds. The molecular weight excluding hydrogens is 122 g/mol. The van der Waals surface area contributed by atoms with Gasteiger partial charge in [-0.2, -0.15) is 0 Å². The van der Waals surface area contributed by atoms with Crippen molar-refractivity contribution >= 4 is 0 Å². The molecule has 0 atom stereocenters. The largest absolute Gasteiger partial charge is 0.304 e. The second-order valence-electron chi connectivity index (χ2n) is 3.37. The Bertz CT molecular complexity index is 84.7. The van der Waals surface area contributed by atoms with E-state index in [0.717, 1.165) is 6.04 Å². The zero-order chi connectivity index (χ0) is 7.40. The molecule has 0 aromatic rings. The topological polar surface area (TPSA) is 3.24 Å². The van der Waals surface area contributed by atoms with Gasteiger partial charge in [-0.1, -0.05) is 26.2 Å². The summed E-state index contributed by atoms with van der Waals surface area (Å²) in [5.74, 6) is 0. The SMILES string of the molecule is CCN(C)C1CCCCC1. The van der Waals surface area contributed by atoms with E-state index in [0.29, 0.717) is 0 Å². The molecule has 1 saturated carbocycles. The number of nitrogens with zero attached hydrogens (tertiary/aromatic N) is 1. The maximum Gasteiger partial charge on any atom is 0.00920 e. The molecule has 1 aliphatic rings. The highest BCUT2D eigenvalue weighted by atomic mass is 15.1. The van der Waals surface area contributed by atoms with E-state index in [2.05, 4.69) is 18.9 Å². The fraction of sp³-hybridized carbons (Fsp3) is 1.00. The predicted molar refractivity (Wildman–Crippen MR) is 45.2 cm³/mol. The molecule has 60 valence electrons. The van der Waals surface area contributed by atoms with Gasteiger partial charge in [0.05, 0.1) is 0 Å². The molecule has 0 aromatic heterocycles. The van der Waals surface area contributed by atoms with Gasteiger partial charge in [-0.15, -0.1) is 0 Å². The third kappa shape index (κ3) is 1.98. The van der Waals surface area contributed by atoms with Crippen molar-refractivity contribution < 1.29 is 0 Å². The molecule has 0 radical (unpaired) electrons. The van der Waals surface area contributed by atoms with Gasteiger partial charge in [-0.25, -0.2) is 0 Å². The molecule has 1 fully saturated rings. The Morgan fingerprint density at radius 2 is 1.80 bits per heavy atom. The zero-order valence-electron chi connectivity index (χ0n) is 7.27. The van der Waals surface area contributed by atoms with E-state index in [-0.39, 0.29) is 0 Å². The average Bonchev–Trinajstić information content (AvgIpc) is 2.05. The van der Waals surface area contributed by atoms with Gasteiger partial charge in [0.2, 0.25) is 0 Å². The first-order valence-electron chi connectivity index (χ1n) is 4.55. The molecule has 0 bridgehead atoms. The fourth-order valence-corrected chi connectivity index (χ4v) is 1.78. The maximum atomic E-state index is 2.49. The van der Waals surface area contributed by atoms with E-state index < -0.39 is 0 Å². The molecule has 10 heavy (non-hydrogen) atoms. The second-order valence-corrected chi connectivity index (χ2v) is 3.37. The standard InChI is InChI=1S/C9H19N/c1-3-10(2)9-7-5-4-6-8-9/h9H,3-8H2,1-2H3. The van der Waals surface area contributed by atoms with Gasteiger partial charge in [0.15, 0.2) is 0 Å². The third-order valence-electron chi connectivity index (χ3n) is 2.70. The maximum absolute atomic E-state index is 2.49. The molecular formula is C9H19N. The van der Waals surface area contributed by atoms with Crippen LogP contribution in [0.4, 0.5) is 0 Å². The van der Waals surface area contributed by atoms with Crippen LogP contribution in [-0.4, -0.2) is 24.5 Å². The highest BCUT2D eigenvalue weighted by Gasteiger charge is 2.15. The first-order chi connectivity index (χ1) is 4.84. The van der Waals surface area contributed by atoms with Crippen molar-refractivity contribution in [2.75, 3.05) is 13.6 Å². The van der Waals surface area contributed by atoms with Crippen molar-refractivity contribution in [3.63, 3.8) is 0 Å². The molecule has 1 rings (SSSR count). The summed E-state index contributed by atoms with van der Waals surface area (Å²) in [7, 11) is 2.25. The minimum absolute atomic E-state index is 0.902. The lowest BCUT2D eigenvalue weighted by atomic mass is 9.95. The van der Waals surface area contributed by atoms with Crippen LogP contribution in [0.3, 0.4) is 0 Å². The molecule has 0 unspecified atom stereocenters. The summed E-state index contributed by atoms with van der Waals surface area (Å²) in [4.78, 5) is 2.49. The Balaban J connectivity index is 2.24. The van der Waals surface area contributed by atoms with Crippen LogP contribution in [0.1, 0.15) is 39.0 Å². The lowest BCUT2D eigenvalue weighted by Gasteiger charge is -2.29. The lowest BCUT2D eigenvalue weighted by Crippen LogP contribution is -2.32. The summed E-state index contributed by atoms with van der Waals surface area (Å²) >= 11 is 0. The first kappa shape index (κ1) is 8.06. The van der Waals surface area contributed by atoms with E-state index in [9.17, 15) is 0 Å². The van der Waals surface area contributed by atoms with Gasteiger partial charge in [0, 0.05) is 6.04 Å². The fourth-order valence-electron chi connectivity index (χ4n) is 1.78. The van der Waals surface area contributed by atoms with Crippen molar-refractivity contribution in [3.05, 3.63) is 0 Å². The summed E-state index contributed by atoms with van der Waals surface area (Å²) in [6.45, 7) is 3.46. The molecule has 0 spiro atoms. The van der Waals surface area contributed by atoms with E-state index in [1.807, 2.05) is 0 Å². The molecule has 0 saturated heterocycles. The van der Waals surface area contributed by atoms with Gasteiger partial charge in [-0.05, 0) is 26.4 Å². The minimum atomic E-state index is 0.902. The molecule has 0 heterocycles. The van der Waals surface area contributed by atoms with Crippen molar-refractivity contribution in [2.45, 2.75) is 45.1 Å². The zero-order valence-corrected chi connectivity index (χ0v) is 7.27. The lowest BCUT2D eigenvalue weighted by molar-refractivity contribution is 0.200. The molecule has 0 N–H and O–H groups in total. The van der Waals surface area contributed by atoms with Crippen LogP contribution >= 0.6 is 0 Å². The molecule has 0 aliphatic heterocycles. The van der Waals surface area contributed by atoms with E-state index in [1.165, 1.54) is 38.6 Å². The Morgan fingerprint density at radius 1 is 1.20 bits per heavy atom. The van der Waals surface area contributed by atoms with Gasteiger partial charge < -0.3 is 4.90 Å². The van der Waals surface area contributed by atoms with Gasteiger partial charge >= 0.3 is 0 Å². The van der Waals surface area contributed by atoms with Gasteiger partial charge in [0.1, 0.15) is 0 Å². The number of rotatable bonds is 2. The summed E-state index contributed by atoms with van der Waals surface area (Å²) in [6.07, 6.45) is 7.24. The van der Waals surface area contributed by atoms with Crippen molar-refractivity contribution in [3.8, 4) is 0 Å². The monoisotopic (exact) mass is 141 g/mol. The molecule has 1 nitrogen and oxygen atoms in total. The van der Waals surface area contributed by atoms with Crippen molar-refractivity contribution in [2.24, 2.45) is 0 Å². The Kier molecular flexibility index (Phi) is 3.20. The Hall–Kier alpha value is -0.0400. The number of hydrogen-bond donors (Lipinski definition) is 0. The normalized spacial score (nSPS) is 21.9. The highest BCUT2D eigenvalue weighted by Crippen LogP contribution is 2.20. The quantitative estimate of drug-likeness (QED) is 0.570. The van der Waals surface area contributed by atoms with E-state index in [4.69, 9.17) is 0 Å². The second kappa shape index (κ2) is 3.97. The smallest absolute Gasteiger partial charge is 0.00920 e. The highest BCUT2D eigenvalue weighted by molar-refractivity contribution is 4.72. The Morgan fingerprint density at radius 3 is 2.30 bits per heavy atom. The van der Waals surface area contributed by atoms with Crippen LogP contribution in [0.15, 0.2) is 0 Å². The van der Waals surface area contributed by atoms with Crippen LogP contribution in [0.25, 0.3) is 0 Å². The summed E-state index contributed by atoms with van der Waals surface area (Å²) < 4.78 is 0. The minimum Gasteiger partial charge on any atom is -0.304 e. The van der Waals surface area contributed by atoms with Crippen molar-refractivity contribution in [1.29, 1.82) is 0 Å². The molecule has 1 aliphatic carbocycles. The first-order valence-corrected chi connectivity index (χ1v) is 4.55. The number of hydrogen-bond acceptors (Lipinski definition) is 1. The molecule has 0 aromatic carbocycles. The van der Waals surface area contributed by atoms with E-state index >= 15 is 0 Å². The summed E-state index contributed by atoms with van der Waals surface area (Å²) in [5, 5.41) is 0. The van der Waals surface area contributed by atoms with Crippen LogP contribution < -0.4 is 0 Å². The predicted octanol–water partition coefficient (Wildman–Crippen LogP) is 2.27. The van der Waals surface area contributed by atoms with Crippen molar-refractivity contribution in [1.82, 2.24) is 4.90 Å². The summed E-state index contributed by atoms with van der Waals surface area (Å²) in [5.41, 5.74) is 0. The van der Waals surface area contributed by atoms with Crippen LogP contribution in [0, 0.1) is 0 Å². The summed E-state index contributed by atoms with van der Waals surface area (Å²) in [6, 6.07) is 0.902. The van der Waals surface area contributed by atoms with Crippen LogP contribution in [0.5, 0.6) is 0 Å².